The van der Waals surface area contributed by atoms with E-state index in [9.17, 15) is 0 Å². The SMILES string of the molecule is COc1cc(CN2CCC(C)CC2)ccn1. The van der Waals surface area contributed by atoms with Crippen LogP contribution in [-0.4, -0.2) is 30.1 Å². The summed E-state index contributed by atoms with van der Waals surface area (Å²) < 4.78 is 5.13. The summed E-state index contributed by atoms with van der Waals surface area (Å²) in [6, 6.07) is 4.10. The Morgan fingerprint density at radius 3 is 2.88 bits per heavy atom. The van der Waals surface area contributed by atoms with E-state index in [1.807, 2.05) is 12.3 Å². The van der Waals surface area contributed by atoms with Crippen LogP contribution < -0.4 is 4.74 Å². The third-order valence-electron chi connectivity index (χ3n) is 3.29. The number of piperidine rings is 1. The number of hydrogen-bond acceptors (Lipinski definition) is 3. The Kier molecular flexibility index (Phi) is 3.78. The monoisotopic (exact) mass is 220 g/mol. The van der Waals surface area contributed by atoms with Crippen LogP contribution in [0, 0.1) is 5.92 Å². The van der Waals surface area contributed by atoms with Crippen molar-refractivity contribution in [3.63, 3.8) is 0 Å². The zero-order valence-corrected chi connectivity index (χ0v) is 10.1. The number of methoxy groups -OCH3 is 1. The highest BCUT2D eigenvalue weighted by molar-refractivity contribution is 5.20. The summed E-state index contributed by atoms with van der Waals surface area (Å²) in [7, 11) is 1.66. The largest absolute Gasteiger partial charge is 0.481 e. The van der Waals surface area contributed by atoms with Crippen molar-refractivity contribution in [3.8, 4) is 5.88 Å². The van der Waals surface area contributed by atoms with E-state index in [2.05, 4.69) is 22.9 Å². The Morgan fingerprint density at radius 2 is 2.19 bits per heavy atom. The van der Waals surface area contributed by atoms with E-state index >= 15 is 0 Å². The van der Waals surface area contributed by atoms with Gasteiger partial charge < -0.3 is 4.74 Å². The van der Waals surface area contributed by atoms with Crippen LogP contribution in [0.25, 0.3) is 0 Å². The Balaban J connectivity index is 1.93. The summed E-state index contributed by atoms with van der Waals surface area (Å²) in [4.78, 5) is 6.63. The Morgan fingerprint density at radius 1 is 1.44 bits per heavy atom. The highest BCUT2D eigenvalue weighted by Gasteiger charge is 2.15. The summed E-state index contributed by atoms with van der Waals surface area (Å²) in [5.41, 5.74) is 1.29. The van der Waals surface area contributed by atoms with Gasteiger partial charge >= 0.3 is 0 Å². The van der Waals surface area contributed by atoms with Crippen LogP contribution in [0.2, 0.25) is 0 Å². The second-order valence-electron chi connectivity index (χ2n) is 4.67. The number of rotatable bonds is 3. The van der Waals surface area contributed by atoms with Gasteiger partial charge in [0, 0.05) is 18.8 Å². The van der Waals surface area contributed by atoms with Crippen molar-refractivity contribution in [3.05, 3.63) is 23.9 Å². The van der Waals surface area contributed by atoms with Gasteiger partial charge in [-0.2, -0.15) is 0 Å². The van der Waals surface area contributed by atoms with E-state index in [0.29, 0.717) is 5.88 Å². The lowest BCUT2D eigenvalue weighted by molar-refractivity contribution is 0.185. The first-order chi connectivity index (χ1) is 7.78. The Bertz CT molecular complexity index is 332. The summed E-state index contributed by atoms with van der Waals surface area (Å²) in [6.07, 6.45) is 4.46. The molecule has 1 fully saturated rings. The third kappa shape index (κ3) is 2.95. The van der Waals surface area contributed by atoms with Crippen molar-refractivity contribution in [1.82, 2.24) is 9.88 Å². The van der Waals surface area contributed by atoms with Crippen LogP contribution in [0.15, 0.2) is 18.3 Å². The fraction of sp³-hybridized carbons (Fsp3) is 0.615. The zero-order valence-electron chi connectivity index (χ0n) is 10.1. The number of pyridine rings is 1. The molecule has 0 amide bonds. The maximum absolute atomic E-state index is 5.13. The molecule has 1 aliphatic rings. The second kappa shape index (κ2) is 5.30. The zero-order chi connectivity index (χ0) is 11.4. The summed E-state index contributed by atoms with van der Waals surface area (Å²) in [5.74, 6) is 1.60. The molecule has 0 bridgehead atoms. The van der Waals surface area contributed by atoms with Crippen LogP contribution >= 0.6 is 0 Å². The van der Waals surface area contributed by atoms with Crippen LogP contribution in [0.1, 0.15) is 25.3 Å². The molecule has 2 heterocycles. The lowest BCUT2D eigenvalue weighted by Gasteiger charge is -2.30. The average molecular weight is 220 g/mol. The van der Waals surface area contributed by atoms with E-state index in [1.54, 1.807) is 7.11 Å². The van der Waals surface area contributed by atoms with Gasteiger partial charge in [0.1, 0.15) is 0 Å². The Labute approximate surface area is 97.4 Å². The van der Waals surface area contributed by atoms with E-state index in [4.69, 9.17) is 4.74 Å². The first-order valence-corrected chi connectivity index (χ1v) is 5.99. The molecule has 2 rings (SSSR count). The molecule has 0 aromatic carbocycles. The van der Waals surface area contributed by atoms with E-state index < -0.39 is 0 Å². The molecule has 0 atom stereocenters. The van der Waals surface area contributed by atoms with Crippen LogP contribution in [0.4, 0.5) is 0 Å². The predicted octanol–water partition coefficient (Wildman–Crippen LogP) is 2.32. The number of likely N-dealkylation sites (tertiary alicyclic amines) is 1. The van der Waals surface area contributed by atoms with Gasteiger partial charge in [-0.15, -0.1) is 0 Å². The predicted molar refractivity (Wildman–Crippen MR) is 64.5 cm³/mol. The molecule has 0 saturated carbocycles. The van der Waals surface area contributed by atoms with Crippen LogP contribution in [0.5, 0.6) is 5.88 Å². The minimum Gasteiger partial charge on any atom is -0.481 e. The summed E-state index contributed by atoms with van der Waals surface area (Å²) >= 11 is 0. The molecule has 0 N–H and O–H groups in total. The number of hydrogen-bond donors (Lipinski definition) is 0. The van der Waals surface area contributed by atoms with Gasteiger partial charge in [0.05, 0.1) is 7.11 Å². The van der Waals surface area contributed by atoms with Gasteiger partial charge in [0.25, 0.3) is 0 Å². The maximum atomic E-state index is 5.13. The van der Waals surface area contributed by atoms with Gasteiger partial charge in [0.2, 0.25) is 5.88 Å². The topological polar surface area (TPSA) is 25.4 Å². The molecule has 1 aliphatic heterocycles. The molecule has 0 spiro atoms. The molecule has 0 aliphatic carbocycles. The smallest absolute Gasteiger partial charge is 0.213 e. The van der Waals surface area contributed by atoms with E-state index in [0.717, 1.165) is 12.5 Å². The highest BCUT2D eigenvalue weighted by Crippen LogP contribution is 2.18. The highest BCUT2D eigenvalue weighted by atomic mass is 16.5. The molecule has 1 saturated heterocycles. The standard InChI is InChI=1S/C13H20N2O/c1-11-4-7-15(8-5-11)10-12-3-6-14-13(9-12)16-2/h3,6,9,11H,4-5,7-8,10H2,1-2H3. The minimum atomic E-state index is 0.711. The molecule has 1 aromatic rings. The van der Waals surface area contributed by atoms with Gasteiger partial charge in [-0.05, 0) is 43.5 Å². The Hall–Kier alpha value is -1.09. The minimum absolute atomic E-state index is 0.711. The molecular weight excluding hydrogens is 200 g/mol. The molecule has 3 nitrogen and oxygen atoms in total. The summed E-state index contributed by atoms with van der Waals surface area (Å²) in [5, 5.41) is 0. The maximum Gasteiger partial charge on any atom is 0.213 e. The van der Waals surface area contributed by atoms with Crippen molar-refractivity contribution in [2.45, 2.75) is 26.3 Å². The quantitative estimate of drug-likeness (QED) is 0.781. The van der Waals surface area contributed by atoms with Crippen molar-refractivity contribution in [2.75, 3.05) is 20.2 Å². The lowest BCUT2D eigenvalue weighted by Crippen LogP contribution is -2.32. The van der Waals surface area contributed by atoms with Crippen LogP contribution in [-0.2, 0) is 6.54 Å². The fourth-order valence-electron chi connectivity index (χ4n) is 2.14. The fourth-order valence-corrected chi connectivity index (χ4v) is 2.14. The van der Waals surface area contributed by atoms with Gasteiger partial charge in [0.15, 0.2) is 0 Å². The van der Waals surface area contributed by atoms with E-state index in [-0.39, 0.29) is 0 Å². The van der Waals surface area contributed by atoms with Crippen molar-refractivity contribution in [2.24, 2.45) is 5.92 Å². The van der Waals surface area contributed by atoms with Gasteiger partial charge in [-0.3, -0.25) is 4.90 Å². The van der Waals surface area contributed by atoms with Crippen molar-refractivity contribution in [1.29, 1.82) is 0 Å². The first-order valence-electron chi connectivity index (χ1n) is 5.99. The molecule has 0 unspecified atom stereocenters. The molecule has 0 radical (unpaired) electrons. The normalized spacial score (nSPS) is 18.6. The first kappa shape index (κ1) is 11.4. The number of ether oxygens (including phenoxy) is 1. The number of nitrogens with zero attached hydrogens (tertiary/aromatic N) is 2. The van der Waals surface area contributed by atoms with Crippen LogP contribution in [0.3, 0.4) is 0 Å². The lowest BCUT2D eigenvalue weighted by atomic mass is 9.99. The van der Waals surface area contributed by atoms with Gasteiger partial charge in [-0.25, -0.2) is 4.98 Å². The third-order valence-corrected chi connectivity index (χ3v) is 3.29. The van der Waals surface area contributed by atoms with Gasteiger partial charge in [-0.1, -0.05) is 6.92 Å². The molecule has 3 heteroatoms. The summed E-state index contributed by atoms with van der Waals surface area (Å²) in [6.45, 7) is 5.79. The van der Waals surface area contributed by atoms with Crippen molar-refractivity contribution >= 4 is 0 Å². The molecular formula is C13H20N2O. The number of aromatic nitrogens is 1. The molecule has 88 valence electrons. The van der Waals surface area contributed by atoms with E-state index in [1.165, 1.54) is 31.5 Å². The average Bonchev–Trinajstić information content (AvgIpc) is 2.32. The second-order valence-corrected chi connectivity index (χ2v) is 4.67. The molecule has 16 heavy (non-hydrogen) atoms. The molecule has 1 aromatic heterocycles. The van der Waals surface area contributed by atoms with Crippen molar-refractivity contribution < 1.29 is 4.74 Å².